The van der Waals surface area contributed by atoms with E-state index in [0.717, 1.165) is 50.3 Å². The summed E-state index contributed by atoms with van der Waals surface area (Å²) in [6, 6.07) is 46.5. The van der Waals surface area contributed by atoms with Crippen LogP contribution >= 0.6 is 0 Å². The van der Waals surface area contributed by atoms with Crippen LogP contribution in [0.2, 0.25) is 0 Å². The fourth-order valence-corrected chi connectivity index (χ4v) is 6.57. The SMILES string of the molecule is C=C/C=C\C.c1ccc(-n2c3ccccc3c3c(-c4cccc(-c5nc6c7c(cccc7n5)-c5ccccc5-6)n4)cccc32)cc1. The average molecular weight is 591 g/mol. The lowest BCUT2D eigenvalue weighted by Gasteiger charge is -2.09. The second-order valence-electron chi connectivity index (χ2n) is 11.2. The summed E-state index contributed by atoms with van der Waals surface area (Å²) in [5, 5.41) is 3.51. The Morgan fingerprint density at radius 2 is 1.22 bits per heavy atom. The maximum atomic E-state index is 5.17. The van der Waals surface area contributed by atoms with Crippen molar-refractivity contribution in [3.63, 3.8) is 0 Å². The molecule has 0 amide bonds. The molecule has 1 aliphatic rings. The average Bonchev–Trinajstić information content (AvgIpc) is 3.63. The molecule has 0 saturated carbocycles. The molecule has 5 aromatic carbocycles. The van der Waals surface area contributed by atoms with Gasteiger partial charge in [-0.3, -0.25) is 0 Å². The standard InChI is InChI=1S/C37H22N4.C5H8/c1-2-11-23(12-3-1)41-32-21-7-6-15-28(32)34-27(17-9-22-33(34)41)29-18-10-20-31(38-29)37-39-30-19-8-16-25-24-13-4-5-14-26(24)36(40-37)35(25)30;1-3-5-4-2/h1-22H;3-5H,1H2,2H3/b;5-4-. The minimum Gasteiger partial charge on any atom is -0.309 e. The van der Waals surface area contributed by atoms with Crippen LogP contribution in [0, 0.1) is 0 Å². The van der Waals surface area contributed by atoms with E-state index in [1.165, 1.54) is 27.4 Å². The summed E-state index contributed by atoms with van der Waals surface area (Å²) < 4.78 is 2.33. The van der Waals surface area contributed by atoms with Gasteiger partial charge in [0.05, 0.1) is 27.9 Å². The molecule has 9 rings (SSSR count). The van der Waals surface area contributed by atoms with Crippen molar-refractivity contribution in [1.82, 2.24) is 19.5 Å². The van der Waals surface area contributed by atoms with Gasteiger partial charge in [-0.1, -0.05) is 116 Å². The van der Waals surface area contributed by atoms with Crippen LogP contribution in [0.5, 0.6) is 0 Å². The van der Waals surface area contributed by atoms with Gasteiger partial charge >= 0.3 is 0 Å². The van der Waals surface area contributed by atoms with E-state index in [1.807, 2.05) is 25.1 Å². The quantitative estimate of drug-likeness (QED) is 0.192. The van der Waals surface area contributed by atoms with Gasteiger partial charge in [-0.15, -0.1) is 0 Å². The fraction of sp³-hybridized carbons (Fsp3) is 0.0238. The van der Waals surface area contributed by atoms with Crippen molar-refractivity contribution in [2.24, 2.45) is 0 Å². The molecular weight excluding hydrogens is 560 g/mol. The minimum atomic E-state index is 0.641. The second-order valence-corrected chi connectivity index (χ2v) is 11.2. The molecule has 0 bridgehead atoms. The number of para-hydroxylation sites is 2. The molecule has 8 aromatic rings. The first-order valence-corrected chi connectivity index (χ1v) is 15.5. The van der Waals surface area contributed by atoms with Crippen molar-refractivity contribution in [3.8, 4) is 50.8 Å². The third-order valence-corrected chi connectivity index (χ3v) is 8.49. The highest BCUT2D eigenvalue weighted by Gasteiger charge is 2.24. The lowest BCUT2D eigenvalue weighted by molar-refractivity contribution is 1.18. The monoisotopic (exact) mass is 590 g/mol. The minimum absolute atomic E-state index is 0.641. The van der Waals surface area contributed by atoms with Crippen LogP contribution in [0.3, 0.4) is 0 Å². The Hall–Kier alpha value is -6.13. The van der Waals surface area contributed by atoms with E-state index in [9.17, 15) is 0 Å². The van der Waals surface area contributed by atoms with Gasteiger partial charge in [-0.25, -0.2) is 15.0 Å². The molecule has 46 heavy (non-hydrogen) atoms. The maximum Gasteiger partial charge on any atom is 0.179 e. The summed E-state index contributed by atoms with van der Waals surface area (Å²) in [5.74, 6) is 0.641. The Morgan fingerprint density at radius 1 is 0.543 bits per heavy atom. The molecule has 3 heterocycles. The number of rotatable bonds is 4. The molecule has 0 spiro atoms. The zero-order valence-electron chi connectivity index (χ0n) is 25.4. The van der Waals surface area contributed by atoms with Crippen molar-refractivity contribution >= 4 is 32.7 Å². The predicted octanol–water partition coefficient (Wildman–Crippen LogP) is 10.9. The molecule has 0 radical (unpaired) electrons. The first kappa shape index (κ1) is 27.4. The highest BCUT2D eigenvalue weighted by Crippen LogP contribution is 2.46. The third-order valence-electron chi connectivity index (χ3n) is 8.49. The van der Waals surface area contributed by atoms with Gasteiger partial charge in [0.25, 0.3) is 0 Å². The van der Waals surface area contributed by atoms with E-state index in [0.29, 0.717) is 5.82 Å². The van der Waals surface area contributed by atoms with E-state index in [4.69, 9.17) is 15.0 Å². The molecule has 218 valence electrons. The van der Waals surface area contributed by atoms with Gasteiger partial charge in [0.15, 0.2) is 5.82 Å². The fourth-order valence-electron chi connectivity index (χ4n) is 6.57. The summed E-state index contributed by atoms with van der Waals surface area (Å²) in [4.78, 5) is 15.3. The highest BCUT2D eigenvalue weighted by atomic mass is 15.0. The second kappa shape index (κ2) is 11.4. The highest BCUT2D eigenvalue weighted by molar-refractivity contribution is 6.16. The Kier molecular flexibility index (Phi) is 6.81. The van der Waals surface area contributed by atoms with Gasteiger partial charge in [0.1, 0.15) is 5.69 Å². The van der Waals surface area contributed by atoms with Crippen molar-refractivity contribution in [3.05, 3.63) is 158 Å². The van der Waals surface area contributed by atoms with E-state index < -0.39 is 0 Å². The van der Waals surface area contributed by atoms with Gasteiger partial charge < -0.3 is 4.57 Å². The Labute approximate surface area is 267 Å². The first-order chi connectivity index (χ1) is 22.8. The van der Waals surface area contributed by atoms with Crippen LogP contribution in [-0.4, -0.2) is 19.5 Å². The molecule has 0 fully saturated rings. The van der Waals surface area contributed by atoms with Crippen LogP contribution in [0.25, 0.3) is 83.6 Å². The van der Waals surface area contributed by atoms with Crippen LogP contribution in [-0.2, 0) is 0 Å². The zero-order chi connectivity index (χ0) is 31.0. The van der Waals surface area contributed by atoms with Crippen molar-refractivity contribution in [2.45, 2.75) is 6.92 Å². The number of pyridine rings is 1. The van der Waals surface area contributed by atoms with Crippen molar-refractivity contribution in [2.75, 3.05) is 0 Å². The summed E-state index contributed by atoms with van der Waals surface area (Å²) in [6.45, 7) is 5.42. The molecule has 4 heteroatoms. The van der Waals surface area contributed by atoms with Crippen LogP contribution in [0.1, 0.15) is 6.92 Å². The summed E-state index contributed by atoms with van der Waals surface area (Å²) in [6.07, 6.45) is 5.58. The smallest absolute Gasteiger partial charge is 0.179 e. The zero-order valence-corrected chi connectivity index (χ0v) is 25.4. The number of hydrogen-bond donors (Lipinski definition) is 0. The lowest BCUT2D eigenvalue weighted by Crippen LogP contribution is -1.96. The van der Waals surface area contributed by atoms with Gasteiger partial charge in [0.2, 0.25) is 0 Å². The van der Waals surface area contributed by atoms with Crippen LogP contribution < -0.4 is 0 Å². The number of fused-ring (bicyclic) bond motifs is 6. The van der Waals surface area contributed by atoms with Crippen molar-refractivity contribution in [1.29, 1.82) is 0 Å². The topological polar surface area (TPSA) is 43.6 Å². The van der Waals surface area contributed by atoms with Crippen LogP contribution in [0.15, 0.2) is 158 Å². The molecular formula is C42H30N4. The van der Waals surface area contributed by atoms with E-state index in [-0.39, 0.29) is 0 Å². The Balaban J connectivity index is 0.000000583. The lowest BCUT2D eigenvalue weighted by atomic mass is 10.0. The Bertz CT molecular complexity index is 2450. The summed E-state index contributed by atoms with van der Waals surface area (Å²) in [5.41, 5.74) is 11.7. The molecule has 0 atom stereocenters. The number of benzene rings is 5. The number of allylic oxidation sites excluding steroid dienone is 3. The molecule has 3 aromatic heterocycles. The van der Waals surface area contributed by atoms with Gasteiger partial charge in [-0.05, 0) is 60.5 Å². The van der Waals surface area contributed by atoms with E-state index in [2.05, 4.69) is 139 Å². The predicted molar refractivity (Wildman–Crippen MR) is 192 cm³/mol. The third kappa shape index (κ3) is 4.42. The molecule has 4 nitrogen and oxygen atoms in total. The normalized spacial score (nSPS) is 11.6. The maximum absolute atomic E-state index is 5.17. The van der Waals surface area contributed by atoms with Gasteiger partial charge in [-0.2, -0.15) is 0 Å². The molecule has 0 unspecified atom stereocenters. The van der Waals surface area contributed by atoms with Crippen molar-refractivity contribution < 1.29 is 0 Å². The molecule has 0 saturated heterocycles. The van der Waals surface area contributed by atoms with E-state index >= 15 is 0 Å². The number of hydrogen-bond acceptors (Lipinski definition) is 3. The number of aromatic nitrogens is 4. The van der Waals surface area contributed by atoms with E-state index in [1.54, 1.807) is 6.08 Å². The number of nitrogens with zero attached hydrogens (tertiary/aromatic N) is 4. The Morgan fingerprint density at radius 3 is 2.04 bits per heavy atom. The van der Waals surface area contributed by atoms with Crippen LogP contribution in [0.4, 0.5) is 0 Å². The largest absolute Gasteiger partial charge is 0.309 e. The molecule has 1 aliphatic carbocycles. The summed E-state index contributed by atoms with van der Waals surface area (Å²) >= 11 is 0. The molecule has 0 aliphatic heterocycles. The van der Waals surface area contributed by atoms with Gasteiger partial charge in [0, 0.05) is 33.0 Å². The summed E-state index contributed by atoms with van der Waals surface area (Å²) in [7, 11) is 0. The molecule has 0 N–H and O–H groups in total. The first-order valence-electron chi connectivity index (χ1n) is 15.5.